The van der Waals surface area contributed by atoms with Gasteiger partial charge in [-0.1, -0.05) is 72.5 Å². The molecular formula is C29H28N2O2. The minimum absolute atomic E-state index is 0.0626. The van der Waals surface area contributed by atoms with Gasteiger partial charge in [0.25, 0.3) is 0 Å². The number of nitrogens with one attached hydrogen (secondary N) is 1. The second-order valence-corrected chi connectivity index (χ2v) is 8.66. The molecule has 1 amide bonds. The fourth-order valence-corrected chi connectivity index (χ4v) is 4.86. The molecule has 0 spiro atoms. The summed E-state index contributed by atoms with van der Waals surface area (Å²) in [5, 5.41) is 2.76. The van der Waals surface area contributed by atoms with Crippen molar-refractivity contribution in [2.75, 3.05) is 26.2 Å². The SMILES string of the molecule is O=C(NCC#Cc1cccc(CN2CCCC2)c1)OCC1c2ccccc2-c2ccccc21. The van der Waals surface area contributed by atoms with Crippen LogP contribution in [0.15, 0.2) is 72.8 Å². The van der Waals surface area contributed by atoms with Crippen LogP contribution in [0.25, 0.3) is 11.1 Å². The van der Waals surface area contributed by atoms with Gasteiger partial charge >= 0.3 is 6.09 Å². The topological polar surface area (TPSA) is 41.6 Å². The lowest BCUT2D eigenvalue weighted by Gasteiger charge is -2.14. The van der Waals surface area contributed by atoms with Crippen molar-refractivity contribution in [3.8, 4) is 23.0 Å². The average molecular weight is 437 g/mol. The van der Waals surface area contributed by atoms with Crippen LogP contribution in [0.1, 0.15) is 41.0 Å². The summed E-state index contributed by atoms with van der Waals surface area (Å²) >= 11 is 0. The monoisotopic (exact) mass is 436 g/mol. The first-order valence-corrected chi connectivity index (χ1v) is 11.7. The maximum atomic E-state index is 12.3. The Morgan fingerprint density at radius 3 is 2.36 bits per heavy atom. The van der Waals surface area contributed by atoms with Crippen molar-refractivity contribution in [3.63, 3.8) is 0 Å². The largest absolute Gasteiger partial charge is 0.449 e. The van der Waals surface area contributed by atoms with Gasteiger partial charge in [-0.05, 0) is 65.9 Å². The normalized spacial score (nSPS) is 14.8. The molecule has 3 aromatic carbocycles. The first kappa shape index (κ1) is 21.3. The second kappa shape index (κ2) is 9.94. The number of benzene rings is 3. The van der Waals surface area contributed by atoms with Crippen LogP contribution in [0.5, 0.6) is 0 Å². The van der Waals surface area contributed by atoms with Crippen LogP contribution in [-0.4, -0.2) is 37.2 Å². The van der Waals surface area contributed by atoms with Crippen LogP contribution >= 0.6 is 0 Å². The van der Waals surface area contributed by atoms with E-state index in [-0.39, 0.29) is 12.5 Å². The van der Waals surface area contributed by atoms with E-state index in [1.165, 1.54) is 53.7 Å². The molecule has 1 saturated heterocycles. The Balaban J connectivity index is 1.13. The van der Waals surface area contributed by atoms with Crippen LogP contribution in [0.2, 0.25) is 0 Å². The quantitative estimate of drug-likeness (QED) is 0.561. The van der Waals surface area contributed by atoms with E-state index in [0.717, 1.165) is 12.1 Å². The summed E-state index contributed by atoms with van der Waals surface area (Å²) in [4.78, 5) is 14.8. The Morgan fingerprint density at radius 1 is 0.939 bits per heavy atom. The lowest BCUT2D eigenvalue weighted by Crippen LogP contribution is -2.26. The minimum Gasteiger partial charge on any atom is -0.449 e. The fourth-order valence-electron chi connectivity index (χ4n) is 4.86. The van der Waals surface area contributed by atoms with E-state index >= 15 is 0 Å². The van der Waals surface area contributed by atoms with Gasteiger partial charge in [-0.25, -0.2) is 4.79 Å². The third-order valence-corrected chi connectivity index (χ3v) is 6.43. The summed E-state index contributed by atoms with van der Waals surface area (Å²) in [6, 6.07) is 25.0. The summed E-state index contributed by atoms with van der Waals surface area (Å²) in [6.45, 7) is 3.91. The first-order valence-electron chi connectivity index (χ1n) is 11.7. The van der Waals surface area contributed by atoms with Crippen LogP contribution in [0.3, 0.4) is 0 Å². The highest BCUT2D eigenvalue weighted by Crippen LogP contribution is 2.44. The predicted molar refractivity (Wildman–Crippen MR) is 131 cm³/mol. The number of fused-ring (bicyclic) bond motifs is 3. The molecule has 0 atom stereocenters. The van der Waals surface area contributed by atoms with E-state index in [2.05, 4.69) is 58.5 Å². The number of amides is 1. The Morgan fingerprint density at radius 2 is 1.64 bits per heavy atom. The minimum atomic E-state index is -0.436. The number of ether oxygens (including phenoxy) is 1. The highest BCUT2D eigenvalue weighted by molar-refractivity contribution is 5.79. The molecule has 1 aliphatic carbocycles. The van der Waals surface area contributed by atoms with E-state index < -0.39 is 6.09 Å². The molecule has 3 aromatic rings. The van der Waals surface area contributed by atoms with Crippen LogP contribution in [-0.2, 0) is 11.3 Å². The lowest BCUT2D eigenvalue weighted by molar-refractivity contribution is 0.144. The van der Waals surface area contributed by atoms with Gasteiger partial charge in [0, 0.05) is 18.0 Å². The standard InChI is InChI=1S/C29H28N2O2/c32-29(30-16-8-11-22-9-7-10-23(19-22)20-31-17-5-6-18-31)33-21-28-26-14-3-1-12-24(26)25-13-2-4-15-27(25)28/h1-4,7,9-10,12-15,19,28H,5-6,16-18,20-21H2,(H,30,32). The van der Waals surface area contributed by atoms with Crippen molar-refractivity contribution >= 4 is 6.09 Å². The molecule has 4 nitrogen and oxygen atoms in total. The zero-order chi connectivity index (χ0) is 22.5. The van der Waals surface area contributed by atoms with Gasteiger partial charge in [-0.3, -0.25) is 4.90 Å². The van der Waals surface area contributed by atoms with Crippen molar-refractivity contribution in [1.29, 1.82) is 0 Å². The summed E-state index contributed by atoms with van der Waals surface area (Å²) < 4.78 is 5.56. The number of alkyl carbamates (subject to hydrolysis) is 1. The smallest absolute Gasteiger partial charge is 0.407 e. The van der Waals surface area contributed by atoms with Crippen molar-refractivity contribution in [3.05, 3.63) is 95.1 Å². The van der Waals surface area contributed by atoms with E-state index in [0.29, 0.717) is 6.61 Å². The zero-order valence-corrected chi connectivity index (χ0v) is 18.7. The number of rotatable bonds is 5. The molecule has 4 heteroatoms. The molecule has 0 aromatic heterocycles. The van der Waals surface area contributed by atoms with Crippen LogP contribution < -0.4 is 5.32 Å². The molecule has 0 saturated carbocycles. The lowest BCUT2D eigenvalue weighted by atomic mass is 9.98. The third-order valence-electron chi connectivity index (χ3n) is 6.43. The van der Waals surface area contributed by atoms with Gasteiger partial charge in [-0.2, -0.15) is 0 Å². The molecule has 1 heterocycles. The van der Waals surface area contributed by atoms with E-state index in [1.54, 1.807) is 0 Å². The van der Waals surface area contributed by atoms with E-state index in [1.807, 2.05) is 36.4 Å². The molecule has 33 heavy (non-hydrogen) atoms. The van der Waals surface area contributed by atoms with Crippen molar-refractivity contribution < 1.29 is 9.53 Å². The van der Waals surface area contributed by atoms with Gasteiger partial charge in [0.15, 0.2) is 0 Å². The van der Waals surface area contributed by atoms with E-state index in [9.17, 15) is 4.79 Å². The van der Waals surface area contributed by atoms with Crippen molar-refractivity contribution in [1.82, 2.24) is 10.2 Å². The first-order chi connectivity index (χ1) is 16.3. The zero-order valence-electron chi connectivity index (χ0n) is 18.7. The summed E-state index contributed by atoms with van der Waals surface area (Å²) in [6.07, 6.45) is 2.15. The predicted octanol–water partition coefficient (Wildman–Crippen LogP) is 5.17. The van der Waals surface area contributed by atoms with Crippen LogP contribution in [0.4, 0.5) is 4.79 Å². The Bertz CT molecular complexity index is 1160. The number of hydrogen-bond donors (Lipinski definition) is 1. The molecule has 1 N–H and O–H groups in total. The number of likely N-dealkylation sites (tertiary alicyclic amines) is 1. The molecule has 2 aliphatic rings. The Hall–Kier alpha value is -3.55. The fraction of sp³-hybridized carbons (Fsp3) is 0.276. The van der Waals surface area contributed by atoms with Crippen molar-refractivity contribution in [2.45, 2.75) is 25.3 Å². The second-order valence-electron chi connectivity index (χ2n) is 8.66. The summed E-state index contributed by atoms with van der Waals surface area (Å²) in [7, 11) is 0. The molecule has 0 radical (unpaired) electrons. The number of carbonyl (C=O) groups excluding carboxylic acids is 1. The van der Waals surface area contributed by atoms with Crippen LogP contribution in [0, 0.1) is 11.8 Å². The summed E-state index contributed by atoms with van der Waals surface area (Å²) in [5.74, 6) is 6.25. The van der Waals surface area contributed by atoms with Gasteiger partial charge in [0.1, 0.15) is 6.61 Å². The van der Waals surface area contributed by atoms with Gasteiger partial charge in [-0.15, -0.1) is 0 Å². The molecule has 5 rings (SSSR count). The third kappa shape index (κ3) is 4.94. The Kier molecular flexibility index (Phi) is 6.41. The van der Waals surface area contributed by atoms with Gasteiger partial charge < -0.3 is 10.1 Å². The Labute approximate surface area is 195 Å². The maximum Gasteiger partial charge on any atom is 0.407 e. The van der Waals surface area contributed by atoms with Gasteiger partial charge in [0.2, 0.25) is 0 Å². The highest BCUT2D eigenvalue weighted by atomic mass is 16.5. The van der Waals surface area contributed by atoms with Crippen molar-refractivity contribution in [2.24, 2.45) is 0 Å². The highest BCUT2D eigenvalue weighted by Gasteiger charge is 2.28. The molecule has 1 fully saturated rings. The molecule has 1 aliphatic heterocycles. The maximum absolute atomic E-state index is 12.3. The number of hydrogen-bond acceptors (Lipinski definition) is 3. The molecule has 0 unspecified atom stereocenters. The molecule has 166 valence electrons. The summed E-state index contributed by atoms with van der Waals surface area (Å²) in [5.41, 5.74) is 7.12. The molecular weight excluding hydrogens is 408 g/mol. The van der Waals surface area contributed by atoms with Gasteiger partial charge in [0.05, 0.1) is 6.54 Å². The number of carbonyl (C=O) groups is 1. The number of nitrogens with zero attached hydrogens (tertiary/aromatic N) is 1. The van der Waals surface area contributed by atoms with E-state index in [4.69, 9.17) is 4.74 Å². The average Bonchev–Trinajstić information content (AvgIpc) is 3.47. The molecule has 0 bridgehead atoms.